The molecule has 0 radical (unpaired) electrons. The van der Waals surface area contributed by atoms with Crippen molar-refractivity contribution in [1.29, 1.82) is 0 Å². The molecule has 2 aliphatic rings. The lowest BCUT2D eigenvalue weighted by atomic mass is 9.70. The lowest BCUT2D eigenvalue weighted by Crippen LogP contribution is -2.55. The first-order valence-electron chi connectivity index (χ1n) is 7.79. The van der Waals surface area contributed by atoms with Gasteiger partial charge in [-0.1, -0.05) is 29.8 Å². The van der Waals surface area contributed by atoms with Gasteiger partial charge in [0.25, 0.3) is 0 Å². The monoisotopic (exact) mass is 301 g/mol. The Morgan fingerprint density at radius 3 is 2.90 bits per heavy atom. The van der Waals surface area contributed by atoms with Gasteiger partial charge in [0, 0.05) is 22.2 Å². The molecule has 0 bridgehead atoms. The van der Waals surface area contributed by atoms with E-state index in [2.05, 4.69) is 20.9 Å². The Balaban J connectivity index is 1.67. The highest BCUT2D eigenvalue weighted by Crippen LogP contribution is 2.43. The van der Waals surface area contributed by atoms with Gasteiger partial charge in [-0.05, 0) is 44.7 Å². The maximum atomic E-state index is 6.37. The lowest BCUT2D eigenvalue weighted by molar-refractivity contribution is 0.110. The summed E-state index contributed by atoms with van der Waals surface area (Å²) in [6.07, 6.45) is 10.3. The number of piperidine rings is 1. The molecule has 2 heterocycles. The zero-order valence-electron chi connectivity index (χ0n) is 12.1. The average Bonchev–Trinajstić information content (AvgIpc) is 2.95. The predicted molar refractivity (Wildman–Crippen MR) is 85.5 cm³/mol. The fraction of sp³-hybridized carbons (Fsp3) is 0.471. The van der Waals surface area contributed by atoms with Crippen molar-refractivity contribution in [3.8, 4) is 11.3 Å². The van der Waals surface area contributed by atoms with Crippen molar-refractivity contribution in [3.05, 3.63) is 41.8 Å². The summed E-state index contributed by atoms with van der Waals surface area (Å²) < 4.78 is 2.34. The second kappa shape index (κ2) is 5.15. The van der Waals surface area contributed by atoms with E-state index in [0.717, 1.165) is 29.2 Å². The molecule has 3 nitrogen and oxygen atoms in total. The van der Waals surface area contributed by atoms with Crippen molar-refractivity contribution in [2.24, 2.45) is 0 Å². The summed E-state index contributed by atoms with van der Waals surface area (Å²) in [5.41, 5.74) is 2.62. The molecular weight excluding hydrogens is 282 g/mol. The molecule has 1 aromatic carbocycles. The molecule has 1 aliphatic heterocycles. The second-order valence-electron chi connectivity index (χ2n) is 6.37. The lowest BCUT2D eigenvalue weighted by Gasteiger charge is -2.48. The molecule has 1 spiro atoms. The Morgan fingerprint density at radius 1 is 1.29 bits per heavy atom. The standard InChI is InChI=1S/C17H20ClN3/c18-15-5-2-1-4-14(15)16-11-19-12-21(16)13-6-9-20-17(10-13)7-3-8-17/h1-2,4-5,11-13,20H,3,6-10H2. The minimum absolute atomic E-state index is 0.394. The maximum Gasteiger partial charge on any atom is 0.0953 e. The van der Waals surface area contributed by atoms with E-state index in [9.17, 15) is 0 Å². The van der Waals surface area contributed by atoms with E-state index >= 15 is 0 Å². The van der Waals surface area contributed by atoms with E-state index in [1.807, 2.05) is 30.7 Å². The summed E-state index contributed by atoms with van der Waals surface area (Å²) in [5, 5.41) is 4.53. The SMILES string of the molecule is Clc1ccccc1-c1cncn1C1CCNC2(CCC2)C1. The van der Waals surface area contributed by atoms with Crippen LogP contribution in [0.15, 0.2) is 36.8 Å². The van der Waals surface area contributed by atoms with Crippen LogP contribution in [0.3, 0.4) is 0 Å². The summed E-state index contributed by atoms with van der Waals surface area (Å²) in [6.45, 7) is 1.10. The van der Waals surface area contributed by atoms with E-state index < -0.39 is 0 Å². The number of benzene rings is 1. The summed E-state index contributed by atoms with van der Waals surface area (Å²) in [5.74, 6) is 0. The smallest absolute Gasteiger partial charge is 0.0953 e. The molecule has 1 saturated heterocycles. The number of halogens is 1. The predicted octanol–water partition coefficient (Wildman–Crippen LogP) is 4.05. The first-order valence-corrected chi connectivity index (χ1v) is 8.17. The maximum absolute atomic E-state index is 6.37. The van der Waals surface area contributed by atoms with Crippen LogP contribution in [0.2, 0.25) is 5.02 Å². The minimum Gasteiger partial charge on any atom is -0.327 e. The normalized spacial score (nSPS) is 24.0. The fourth-order valence-electron chi connectivity index (χ4n) is 3.82. The quantitative estimate of drug-likeness (QED) is 0.907. The van der Waals surface area contributed by atoms with Gasteiger partial charge < -0.3 is 9.88 Å². The van der Waals surface area contributed by atoms with E-state index in [1.165, 1.54) is 25.7 Å². The molecular formula is C17H20ClN3. The van der Waals surface area contributed by atoms with Gasteiger partial charge in [0.2, 0.25) is 0 Å². The number of hydrogen-bond donors (Lipinski definition) is 1. The van der Waals surface area contributed by atoms with Crippen molar-refractivity contribution in [3.63, 3.8) is 0 Å². The Morgan fingerprint density at radius 2 is 2.14 bits per heavy atom. The van der Waals surface area contributed by atoms with E-state index in [1.54, 1.807) is 0 Å². The number of rotatable bonds is 2. The van der Waals surface area contributed by atoms with Gasteiger partial charge in [0.05, 0.1) is 18.2 Å². The first kappa shape index (κ1) is 13.4. The second-order valence-corrected chi connectivity index (χ2v) is 6.78. The molecule has 1 N–H and O–H groups in total. The summed E-state index contributed by atoms with van der Waals surface area (Å²) in [4.78, 5) is 4.39. The Hall–Kier alpha value is -1.32. The van der Waals surface area contributed by atoms with Gasteiger partial charge >= 0.3 is 0 Å². The highest BCUT2D eigenvalue weighted by Gasteiger charge is 2.41. The molecule has 1 aliphatic carbocycles. The van der Waals surface area contributed by atoms with Crippen LogP contribution in [0.25, 0.3) is 11.3 Å². The molecule has 4 rings (SSSR count). The Labute approximate surface area is 130 Å². The van der Waals surface area contributed by atoms with Crippen LogP contribution in [0.4, 0.5) is 0 Å². The zero-order valence-corrected chi connectivity index (χ0v) is 12.8. The van der Waals surface area contributed by atoms with E-state index in [4.69, 9.17) is 11.6 Å². The van der Waals surface area contributed by atoms with Crippen LogP contribution in [0.1, 0.15) is 38.1 Å². The molecule has 1 aromatic heterocycles. The van der Waals surface area contributed by atoms with Crippen LogP contribution < -0.4 is 5.32 Å². The molecule has 110 valence electrons. The van der Waals surface area contributed by atoms with Crippen molar-refractivity contribution >= 4 is 11.6 Å². The molecule has 1 unspecified atom stereocenters. The Kier molecular flexibility index (Phi) is 3.27. The van der Waals surface area contributed by atoms with E-state index in [-0.39, 0.29) is 0 Å². The van der Waals surface area contributed by atoms with Gasteiger partial charge in [0.1, 0.15) is 0 Å². The van der Waals surface area contributed by atoms with Crippen molar-refractivity contribution in [2.45, 2.75) is 43.7 Å². The molecule has 2 aromatic rings. The number of aromatic nitrogens is 2. The van der Waals surface area contributed by atoms with Crippen LogP contribution >= 0.6 is 11.6 Å². The van der Waals surface area contributed by atoms with Crippen LogP contribution in [-0.2, 0) is 0 Å². The molecule has 21 heavy (non-hydrogen) atoms. The summed E-state index contributed by atoms with van der Waals surface area (Å²) in [6, 6.07) is 8.56. The van der Waals surface area contributed by atoms with Crippen molar-refractivity contribution in [1.82, 2.24) is 14.9 Å². The van der Waals surface area contributed by atoms with E-state index in [0.29, 0.717) is 11.6 Å². The molecule has 1 atom stereocenters. The molecule has 1 saturated carbocycles. The van der Waals surface area contributed by atoms with Gasteiger partial charge in [-0.3, -0.25) is 0 Å². The van der Waals surface area contributed by atoms with Gasteiger partial charge in [-0.15, -0.1) is 0 Å². The third kappa shape index (κ3) is 2.29. The minimum atomic E-state index is 0.394. The highest BCUT2D eigenvalue weighted by atomic mass is 35.5. The number of nitrogens with zero attached hydrogens (tertiary/aromatic N) is 2. The van der Waals surface area contributed by atoms with Crippen LogP contribution in [0.5, 0.6) is 0 Å². The molecule has 2 fully saturated rings. The first-order chi connectivity index (χ1) is 10.3. The Bertz CT molecular complexity index is 645. The summed E-state index contributed by atoms with van der Waals surface area (Å²) >= 11 is 6.37. The van der Waals surface area contributed by atoms with Crippen LogP contribution in [0, 0.1) is 0 Å². The number of imidazole rings is 1. The number of nitrogens with one attached hydrogen (secondary N) is 1. The largest absolute Gasteiger partial charge is 0.327 e. The fourth-order valence-corrected chi connectivity index (χ4v) is 4.06. The number of hydrogen-bond acceptors (Lipinski definition) is 2. The van der Waals surface area contributed by atoms with Crippen molar-refractivity contribution in [2.75, 3.05) is 6.54 Å². The topological polar surface area (TPSA) is 29.9 Å². The van der Waals surface area contributed by atoms with Crippen LogP contribution in [-0.4, -0.2) is 21.6 Å². The molecule has 0 amide bonds. The third-order valence-electron chi connectivity index (χ3n) is 5.12. The third-order valence-corrected chi connectivity index (χ3v) is 5.45. The highest BCUT2D eigenvalue weighted by molar-refractivity contribution is 6.33. The molecule has 4 heteroatoms. The van der Waals surface area contributed by atoms with Gasteiger partial charge in [-0.2, -0.15) is 0 Å². The average molecular weight is 302 g/mol. The van der Waals surface area contributed by atoms with Crippen molar-refractivity contribution < 1.29 is 0 Å². The summed E-state index contributed by atoms with van der Waals surface area (Å²) in [7, 11) is 0. The zero-order chi connectivity index (χ0) is 14.3. The van der Waals surface area contributed by atoms with Gasteiger partial charge in [-0.25, -0.2) is 4.98 Å². The van der Waals surface area contributed by atoms with Gasteiger partial charge in [0.15, 0.2) is 0 Å².